The van der Waals surface area contributed by atoms with Crippen molar-refractivity contribution in [2.45, 2.75) is 43.5 Å². The average molecular weight is 249 g/mol. The standard InChI is InChI=1S/C15H23NS/c1-11-4-3-5-13(10-11)15(16)12-6-8-14(17-2)9-7-12/h6-9,11,13,15H,3-5,10,16H2,1-2H3. The molecular formula is C15H23NS. The van der Waals surface area contributed by atoms with Crippen LogP contribution in [-0.2, 0) is 0 Å². The van der Waals surface area contributed by atoms with Crippen LogP contribution in [0.1, 0.15) is 44.2 Å². The Kier molecular flexibility index (Phi) is 4.52. The molecule has 1 aliphatic carbocycles. The third kappa shape index (κ3) is 3.26. The first-order valence-electron chi connectivity index (χ1n) is 6.60. The molecule has 0 spiro atoms. The summed E-state index contributed by atoms with van der Waals surface area (Å²) in [5.41, 5.74) is 7.72. The molecule has 17 heavy (non-hydrogen) atoms. The molecule has 0 radical (unpaired) electrons. The molecular weight excluding hydrogens is 226 g/mol. The van der Waals surface area contributed by atoms with E-state index in [2.05, 4.69) is 37.4 Å². The summed E-state index contributed by atoms with van der Waals surface area (Å²) in [5, 5.41) is 0. The molecule has 0 aromatic heterocycles. The van der Waals surface area contributed by atoms with Gasteiger partial charge in [0.25, 0.3) is 0 Å². The van der Waals surface area contributed by atoms with Crippen molar-refractivity contribution in [1.29, 1.82) is 0 Å². The Bertz CT molecular complexity index is 346. The van der Waals surface area contributed by atoms with Crippen LogP contribution in [0, 0.1) is 11.8 Å². The zero-order valence-corrected chi connectivity index (χ0v) is 11.7. The smallest absolute Gasteiger partial charge is 0.0323 e. The van der Waals surface area contributed by atoms with Crippen LogP contribution >= 0.6 is 11.8 Å². The van der Waals surface area contributed by atoms with E-state index in [1.807, 2.05) is 0 Å². The van der Waals surface area contributed by atoms with Gasteiger partial charge in [-0.2, -0.15) is 0 Å². The molecule has 0 bridgehead atoms. The minimum absolute atomic E-state index is 0.230. The molecule has 0 aliphatic heterocycles. The summed E-state index contributed by atoms with van der Waals surface area (Å²) in [7, 11) is 0. The molecule has 1 nitrogen and oxygen atoms in total. The van der Waals surface area contributed by atoms with Crippen LogP contribution in [0.5, 0.6) is 0 Å². The fourth-order valence-electron chi connectivity index (χ4n) is 2.91. The van der Waals surface area contributed by atoms with Gasteiger partial charge in [-0.15, -0.1) is 11.8 Å². The number of benzene rings is 1. The Balaban J connectivity index is 2.04. The highest BCUT2D eigenvalue weighted by atomic mass is 32.2. The van der Waals surface area contributed by atoms with Gasteiger partial charge in [0.05, 0.1) is 0 Å². The van der Waals surface area contributed by atoms with E-state index in [0.717, 1.165) is 5.92 Å². The van der Waals surface area contributed by atoms with E-state index < -0.39 is 0 Å². The lowest BCUT2D eigenvalue weighted by Gasteiger charge is -2.31. The second kappa shape index (κ2) is 5.92. The summed E-state index contributed by atoms with van der Waals surface area (Å²) < 4.78 is 0. The normalized spacial score (nSPS) is 26.8. The number of thioether (sulfide) groups is 1. The van der Waals surface area contributed by atoms with E-state index in [1.165, 1.54) is 36.1 Å². The lowest BCUT2D eigenvalue weighted by Crippen LogP contribution is -2.26. The largest absolute Gasteiger partial charge is 0.324 e. The van der Waals surface area contributed by atoms with Crippen LogP contribution in [0.3, 0.4) is 0 Å². The maximum Gasteiger partial charge on any atom is 0.0323 e. The third-order valence-electron chi connectivity index (χ3n) is 3.99. The van der Waals surface area contributed by atoms with Gasteiger partial charge < -0.3 is 5.73 Å². The maximum atomic E-state index is 6.42. The minimum Gasteiger partial charge on any atom is -0.324 e. The van der Waals surface area contributed by atoms with Crippen LogP contribution in [-0.4, -0.2) is 6.26 Å². The zero-order valence-electron chi connectivity index (χ0n) is 10.9. The molecule has 0 amide bonds. The minimum atomic E-state index is 0.230. The van der Waals surface area contributed by atoms with Gasteiger partial charge in [-0.25, -0.2) is 0 Å². The Labute approximate surface area is 109 Å². The van der Waals surface area contributed by atoms with E-state index in [1.54, 1.807) is 11.8 Å². The Hall–Kier alpha value is -0.470. The third-order valence-corrected chi connectivity index (χ3v) is 4.73. The SMILES string of the molecule is CSc1ccc(C(N)C2CCCC(C)C2)cc1. The first-order valence-corrected chi connectivity index (χ1v) is 7.82. The van der Waals surface area contributed by atoms with Gasteiger partial charge in [0, 0.05) is 10.9 Å². The molecule has 3 atom stereocenters. The second-order valence-corrected chi connectivity index (χ2v) is 6.21. The van der Waals surface area contributed by atoms with Crippen molar-refractivity contribution in [1.82, 2.24) is 0 Å². The van der Waals surface area contributed by atoms with Gasteiger partial charge in [0.15, 0.2) is 0 Å². The van der Waals surface area contributed by atoms with Gasteiger partial charge in [-0.05, 0) is 48.6 Å². The van der Waals surface area contributed by atoms with Crippen LogP contribution in [0.15, 0.2) is 29.2 Å². The molecule has 3 unspecified atom stereocenters. The molecule has 1 aromatic rings. The van der Waals surface area contributed by atoms with Gasteiger partial charge >= 0.3 is 0 Å². The molecule has 2 heteroatoms. The lowest BCUT2D eigenvalue weighted by atomic mass is 9.77. The molecule has 2 rings (SSSR count). The number of nitrogens with two attached hydrogens (primary N) is 1. The maximum absolute atomic E-state index is 6.42. The monoisotopic (exact) mass is 249 g/mol. The van der Waals surface area contributed by atoms with Crippen molar-refractivity contribution in [3.05, 3.63) is 29.8 Å². The van der Waals surface area contributed by atoms with E-state index >= 15 is 0 Å². The van der Waals surface area contributed by atoms with Gasteiger partial charge in [-0.3, -0.25) is 0 Å². The summed E-state index contributed by atoms with van der Waals surface area (Å²) in [5.74, 6) is 1.53. The van der Waals surface area contributed by atoms with Crippen LogP contribution in [0.2, 0.25) is 0 Å². The molecule has 1 fully saturated rings. The lowest BCUT2D eigenvalue weighted by molar-refractivity contribution is 0.248. The quantitative estimate of drug-likeness (QED) is 0.811. The Morgan fingerprint density at radius 2 is 1.94 bits per heavy atom. The number of rotatable bonds is 3. The Morgan fingerprint density at radius 3 is 2.53 bits per heavy atom. The van der Waals surface area contributed by atoms with Crippen molar-refractivity contribution < 1.29 is 0 Å². The molecule has 1 aliphatic rings. The highest BCUT2D eigenvalue weighted by molar-refractivity contribution is 7.98. The van der Waals surface area contributed by atoms with Crippen molar-refractivity contribution in [3.8, 4) is 0 Å². The van der Waals surface area contributed by atoms with Crippen molar-refractivity contribution >= 4 is 11.8 Å². The topological polar surface area (TPSA) is 26.0 Å². The molecule has 1 saturated carbocycles. The summed E-state index contributed by atoms with van der Waals surface area (Å²) in [4.78, 5) is 1.32. The van der Waals surface area contributed by atoms with Gasteiger partial charge in [0.1, 0.15) is 0 Å². The van der Waals surface area contributed by atoms with E-state index in [9.17, 15) is 0 Å². The first kappa shape index (κ1) is 13.0. The van der Waals surface area contributed by atoms with Crippen LogP contribution in [0.4, 0.5) is 0 Å². The van der Waals surface area contributed by atoms with E-state index in [4.69, 9.17) is 5.73 Å². The predicted octanol–water partition coefficient (Wildman–Crippen LogP) is 4.23. The van der Waals surface area contributed by atoms with Crippen molar-refractivity contribution in [3.63, 3.8) is 0 Å². The van der Waals surface area contributed by atoms with E-state index in [0.29, 0.717) is 5.92 Å². The number of hydrogen-bond acceptors (Lipinski definition) is 2. The second-order valence-electron chi connectivity index (χ2n) is 5.33. The number of hydrogen-bond donors (Lipinski definition) is 1. The molecule has 1 aromatic carbocycles. The Morgan fingerprint density at radius 1 is 1.24 bits per heavy atom. The van der Waals surface area contributed by atoms with E-state index in [-0.39, 0.29) is 6.04 Å². The molecule has 2 N–H and O–H groups in total. The van der Waals surface area contributed by atoms with Crippen molar-refractivity contribution in [2.24, 2.45) is 17.6 Å². The van der Waals surface area contributed by atoms with Crippen LogP contribution < -0.4 is 5.73 Å². The molecule has 94 valence electrons. The highest BCUT2D eigenvalue weighted by Crippen LogP contribution is 2.36. The van der Waals surface area contributed by atoms with Gasteiger partial charge in [0.2, 0.25) is 0 Å². The summed E-state index contributed by atoms with van der Waals surface area (Å²) in [6.45, 7) is 2.36. The molecule has 0 heterocycles. The average Bonchev–Trinajstić information content (AvgIpc) is 2.38. The fourth-order valence-corrected chi connectivity index (χ4v) is 3.31. The zero-order chi connectivity index (χ0) is 12.3. The first-order chi connectivity index (χ1) is 8.20. The van der Waals surface area contributed by atoms with Crippen LogP contribution in [0.25, 0.3) is 0 Å². The fraction of sp³-hybridized carbons (Fsp3) is 0.600. The highest BCUT2D eigenvalue weighted by Gasteiger charge is 2.25. The predicted molar refractivity (Wildman–Crippen MR) is 76.3 cm³/mol. The summed E-state index contributed by atoms with van der Waals surface area (Å²) in [6, 6.07) is 9.01. The molecule has 0 saturated heterocycles. The van der Waals surface area contributed by atoms with Crippen molar-refractivity contribution in [2.75, 3.05) is 6.26 Å². The summed E-state index contributed by atoms with van der Waals surface area (Å²) in [6.07, 6.45) is 7.44. The van der Waals surface area contributed by atoms with Gasteiger partial charge in [-0.1, -0.05) is 31.9 Å². The summed E-state index contributed by atoms with van der Waals surface area (Å²) >= 11 is 1.78.